The molecule has 0 aliphatic rings. The minimum absolute atomic E-state index is 0.110. The van der Waals surface area contributed by atoms with Gasteiger partial charge >= 0.3 is 0 Å². The van der Waals surface area contributed by atoms with Crippen molar-refractivity contribution in [1.29, 1.82) is 0 Å². The second-order valence-corrected chi connectivity index (χ2v) is 6.77. The number of halogens is 1. The Morgan fingerprint density at radius 3 is 2.47 bits per heavy atom. The van der Waals surface area contributed by atoms with Crippen LogP contribution in [-0.2, 0) is 11.2 Å². The van der Waals surface area contributed by atoms with Crippen LogP contribution in [0.15, 0.2) is 40.9 Å². The predicted octanol–water partition coefficient (Wildman–Crippen LogP) is 4.38. The fourth-order valence-corrected chi connectivity index (χ4v) is 3.06. The molecular formula is C21H22ClN3O5. The third-order valence-corrected chi connectivity index (χ3v) is 4.53. The summed E-state index contributed by atoms with van der Waals surface area (Å²) in [7, 11) is 4.61. The Morgan fingerprint density at radius 1 is 1.10 bits per heavy atom. The molecule has 0 aliphatic carbocycles. The summed E-state index contributed by atoms with van der Waals surface area (Å²) in [5.41, 5.74) is 1.33. The van der Waals surface area contributed by atoms with Gasteiger partial charge in [0, 0.05) is 29.1 Å². The molecule has 0 unspecified atom stereocenters. The molecule has 0 fully saturated rings. The van der Waals surface area contributed by atoms with Crippen LogP contribution in [0.5, 0.6) is 17.2 Å². The zero-order valence-corrected chi connectivity index (χ0v) is 17.7. The number of hydrogen-bond donors (Lipinski definition) is 1. The molecule has 0 bridgehead atoms. The Kier molecular flexibility index (Phi) is 7.13. The van der Waals surface area contributed by atoms with Crippen molar-refractivity contribution >= 4 is 23.2 Å². The van der Waals surface area contributed by atoms with Gasteiger partial charge < -0.3 is 24.1 Å². The van der Waals surface area contributed by atoms with E-state index in [4.69, 9.17) is 30.3 Å². The summed E-state index contributed by atoms with van der Waals surface area (Å²) >= 11 is 5.92. The molecule has 0 saturated heterocycles. The molecule has 0 radical (unpaired) electrons. The van der Waals surface area contributed by atoms with Crippen molar-refractivity contribution in [2.24, 2.45) is 0 Å². The minimum atomic E-state index is -0.110. The lowest BCUT2D eigenvalue weighted by Crippen LogP contribution is -2.11. The molecule has 0 atom stereocenters. The van der Waals surface area contributed by atoms with E-state index < -0.39 is 0 Å². The number of ether oxygens (including phenoxy) is 3. The van der Waals surface area contributed by atoms with Gasteiger partial charge in [-0.05, 0) is 36.8 Å². The van der Waals surface area contributed by atoms with Crippen molar-refractivity contribution < 1.29 is 23.5 Å². The zero-order chi connectivity index (χ0) is 21.5. The maximum absolute atomic E-state index is 12.1. The molecular weight excluding hydrogens is 410 g/mol. The predicted molar refractivity (Wildman–Crippen MR) is 112 cm³/mol. The fraction of sp³-hybridized carbons (Fsp3) is 0.286. The maximum Gasteiger partial charge on any atom is 0.226 e. The number of anilines is 1. The van der Waals surface area contributed by atoms with Crippen molar-refractivity contribution in [3.05, 3.63) is 47.3 Å². The van der Waals surface area contributed by atoms with Crippen molar-refractivity contribution in [1.82, 2.24) is 10.1 Å². The molecule has 3 aromatic rings. The van der Waals surface area contributed by atoms with Crippen LogP contribution in [0.1, 0.15) is 18.7 Å². The number of hydrogen-bond acceptors (Lipinski definition) is 7. The van der Waals surface area contributed by atoms with Gasteiger partial charge in [-0.1, -0.05) is 22.8 Å². The quantitative estimate of drug-likeness (QED) is 0.537. The summed E-state index contributed by atoms with van der Waals surface area (Å²) in [6.07, 6.45) is 1.35. The molecule has 1 N–H and O–H groups in total. The molecule has 1 heterocycles. The van der Waals surface area contributed by atoms with Crippen molar-refractivity contribution in [3.8, 4) is 28.6 Å². The van der Waals surface area contributed by atoms with Crippen LogP contribution in [0.2, 0.25) is 5.02 Å². The summed E-state index contributed by atoms with van der Waals surface area (Å²) < 4.78 is 21.3. The second-order valence-electron chi connectivity index (χ2n) is 6.34. The van der Waals surface area contributed by atoms with Crippen LogP contribution in [0.3, 0.4) is 0 Å². The van der Waals surface area contributed by atoms with Gasteiger partial charge in [0.2, 0.25) is 23.4 Å². The molecule has 0 saturated carbocycles. The third-order valence-electron chi connectivity index (χ3n) is 4.29. The highest BCUT2D eigenvalue weighted by Gasteiger charge is 2.17. The van der Waals surface area contributed by atoms with Gasteiger partial charge in [-0.3, -0.25) is 4.79 Å². The van der Waals surface area contributed by atoms with Gasteiger partial charge in [-0.15, -0.1) is 0 Å². The van der Waals surface area contributed by atoms with Crippen molar-refractivity contribution in [2.45, 2.75) is 19.3 Å². The Morgan fingerprint density at radius 2 is 1.83 bits per heavy atom. The monoisotopic (exact) mass is 431 g/mol. The molecule has 1 amide bonds. The van der Waals surface area contributed by atoms with E-state index in [1.807, 2.05) is 0 Å². The number of benzene rings is 2. The Balaban J connectivity index is 1.61. The largest absolute Gasteiger partial charge is 0.493 e. The first-order valence-electron chi connectivity index (χ1n) is 9.22. The highest BCUT2D eigenvalue weighted by atomic mass is 35.5. The van der Waals surface area contributed by atoms with Gasteiger partial charge in [0.05, 0.1) is 21.3 Å². The lowest BCUT2D eigenvalue weighted by atomic mass is 10.1. The van der Waals surface area contributed by atoms with Crippen LogP contribution >= 0.6 is 11.6 Å². The van der Waals surface area contributed by atoms with Gasteiger partial charge in [-0.25, -0.2) is 0 Å². The molecule has 0 spiro atoms. The van der Waals surface area contributed by atoms with E-state index in [0.717, 1.165) is 0 Å². The van der Waals surface area contributed by atoms with E-state index in [1.165, 1.54) is 21.3 Å². The number of aromatic nitrogens is 2. The molecule has 9 heteroatoms. The first-order valence-corrected chi connectivity index (χ1v) is 9.60. The summed E-state index contributed by atoms with van der Waals surface area (Å²) in [4.78, 5) is 16.5. The van der Waals surface area contributed by atoms with Gasteiger partial charge in [0.1, 0.15) is 0 Å². The lowest BCUT2D eigenvalue weighted by molar-refractivity contribution is -0.116. The van der Waals surface area contributed by atoms with Crippen molar-refractivity contribution in [2.75, 3.05) is 26.6 Å². The maximum atomic E-state index is 12.1. The normalized spacial score (nSPS) is 10.5. The standard InChI is InChI=1S/C21H22ClN3O5/c1-27-16-10-13(11-17(28-2)20(16)29-3)21-24-19(30-25-21)9-5-8-18(26)23-15-7-4-6-14(22)12-15/h4,6-7,10-12H,5,8-9H2,1-3H3,(H,23,26). The van der Waals surface area contributed by atoms with Gasteiger partial charge in [0.25, 0.3) is 0 Å². The molecule has 0 aliphatic heterocycles. The number of nitrogens with one attached hydrogen (secondary N) is 1. The van der Waals surface area contributed by atoms with Crippen LogP contribution in [0.4, 0.5) is 5.69 Å². The number of carbonyl (C=O) groups is 1. The van der Waals surface area contributed by atoms with E-state index >= 15 is 0 Å². The molecule has 8 nitrogen and oxygen atoms in total. The lowest BCUT2D eigenvalue weighted by Gasteiger charge is -2.12. The number of methoxy groups -OCH3 is 3. The van der Waals surface area contributed by atoms with Crippen LogP contribution in [0.25, 0.3) is 11.4 Å². The number of rotatable bonds is 9. The molecule has 2 aromatic carbocycles. The SMILES string of the molecule is COc1cc(-c2noc(CCCC(=O)Nc3cccc(Cl)c3)n2)cc(OC)c1OC. The zero-order valence-electron chi connectivity index (χ0n) is 16.9. The topological polar surface area (TPSA) is 95.7 Å². The number of carbonyl (C=O) groups excluding carboxylic acids is 1. The third kappa shape index (κ3) is 5.21. The average molecular weight is 432 g/mol. The van der Waals surface area contributed by atoms with Crippen LogP contribution in [0, 0.1) is 0 Å². The number of aryl methyl sites for hydroxylation is 1. The summed E-state index contributed by atoms with van der Waals surface area (Å²) in [5.74, 6) is 2.20. The van der Waals surface area contributed by atoms with Gasteiger partial charge in [0.15, 0.2) is 11.5 Å². The first-order chi connectivity index (χ1) is 14.5. The summed E-state index contributed by atoms with van der Waals surface area (Å²) in [6, 6.07) is 10.5. The smallest absolute Gasteiger partial charge is 0.226 e. The molecule has 3 rings (SSSR count). The second kappa shape index (κ2) is 9.98. The highest BCUT2D eigenvalue weighted by Crippen LogP contribution is 2.40. The van der Waals surface area contributed by atoms with Crippen LogP contribution in [-0.4, -0.2) is 37.4 Å². The molecule has 30 heavy (non-hydrogen) atoms. The Hall–Kier alpha value is -3.26. The van der Waals surface area contributed by atoms with Crippen molar-refractivity contribution in [3.63, 3.8) is 0 Å². The highest BCUT2D eigenvalue weighted by molar-refractivity contribution is 6.30. The van der Waals surface area contributed by atoms with E-state index in [1.54, 1.807) is 36.4 Å². The number of amides is 1. The Bertz CT molecular complexity index is 996. The van der Waals surface area contributed by atoms with E-state index in [2.05, 4.69) is 15.5 Å². The molecule has 158 valence electrons. The van der Waals surface area contributed by atoms with Gasteiger partial charge in [-0.2, -0.15) is 4.98 Å². The fourth-order valence-electron chi connectivity index (χ4n) is 2.87. The van der Waals surface area contributed by atoms with E-state index in [-0.39, 0.29) is 5.91 Å². The number of nitrogens with zero attached hydrogens (tertiary/aromatic N) is 2. The van der Waals surface area contributed by atoms with Crippen LogP contribution < -0.4 is 19.5 Å². The Labute approximate surface area is 179 Å². The molecule has 1 aromatic heterocycles. The van der Waals surface area contributed by atoms with E-state index in [9.17, 15) is 4.79 Å². The average Bonchev–Trinajstić information content (AvgIpc) is 3.21. The van der Waals surface area contributed by atoms with E-state index in [0.29, 0.717) is 64.5 Å². The minimum Gasteiger partial charge on any atom is -0.493 e. The summed E-state index contributed by atoms with van der Waals surface area (Å²) in [5, 5.41) is 7.39. The first kappa shape index (κ1) is 21.4. The summed E-state index contributed by atoms with van der Waals surface area (Å²) in [6.45, 7) is 0.